The van der Waals surface area contributed by atoms with Crippen LogP contribution in [0.3, 0.4) is 0 Å². The van der Waals surface area contributed by atoms with E-state index in [1.165, 1.54) is 10.9 Å². The third kappa shape index (κ3) is 3.21. The van der Waals surface area contributed by atoms with Gasteiger partial charge in [0.1, 0.15) is 4.90 Å². The van der Waals surface area contributed by atoms with Gasteiger partial charge in [0.05, 0.1) is 5.69 Å². The van der Waals surface area contributed by atoms with E-state index in [0.29, 0.717) is 5.69 Å². The van der Waals surface area contributed by atoms with Gasteiger partial charge in [0.15, 0.2) is 0 Å². The van der Waals surface area contributed by atoms with Crippen LogP contribution in [0.1, 0.15) is 16.8 Å². The fraction of sp³-hybridized carbons (Fsp3) is 0.308. The van der Waals surface area contributed by atoms with Crippen molar-refractivity contribution in [1.82, 2.24) is 14.5 Å². The maximum atomic E-state index is 12.1. The van der Waals surface area contributed by atoms with E-state index >= 15 is 0 Å². The Morgan fingerprint density at radius 3 is 2.37 bits per heavy atom. The smallest absolute Gasteiger partial charge is 0.244 e. The molecule has 1 aromatic carbocycles. The van der Waals surface area contributed by atoms with Crippen molar-refractivity contribution in [3.63, 3.8) is 0 Å². The molecule has 0 aliphatic carbocycles. The minimum Gasteiger partial charge on any atom is -0.274 e. The first kappa shape index (κ1) is 13.8. The van der Waals surface area contributed by atoms with Crippen LogP contribution in [0.15, 0.2) is 35.4 Å². The van der Waals surface area contributed by atoms with Crippen molar-refractivity contribution in [2.45, 2.75) is 25.3 Å². The van der Waals surface area contributed by atoms with E-state index in [1.807, 2.05) is 31.2 Å². The first-order valence-corrected chi connectivity index (χ1v) is 7.42. The third-order valence-corrected chi connectivity index (χ3v) is 4.35. The monoisotopic (exact) mass is 279 g/mol. The number of sulfonamides is 1. The zero-order valence-corrected chi connectivity index (χ0v) is 12.0. The Hall–Kier alpha value is -1.66. The highest BCUT2D eigenvalue weighted by molar-refractivity contribution is 7.89. The fourth-order valence-electron chi connectivity index (χ4n) is 1.80. The number of benzene rings is 1. The summed E-state index contributed by atoms with van der Waals surface area (Å²) < 4.78 is 28.4. The lowest BCUT2D eigenvalue weighted by Gasteiger charge is -2.06. The molecule has 0 saturated carbocycles. The largest absolute Gasteiger partial charge is 0.274 e. The molecule has 0 fully saturated rings. The first-order valence-electron chi connectivity index (χ1n) is 5.94. The van der Waals surface area contributed by atoms with Crippen molar-refractivity contribution in [2.75, 3.05) is 0 Å². The molecule has 0 bridgehead atoms. The molecule has 102 valence electrons. The number of nitrogens with zero attached hydrogens (tertiary/aromatic N) is 2. The number of hydrogen-bond donors (Lipinski definition) is 1. The van der Waals surface area contributed by atoms with E-state index in [0.717, 1.165) is 11.1 Å². The van der Waals surface area contributed by atoms with Crippen molar-refractivity contribution in [3.8, 4) is 0 Å². The SMILES string of the molecule is Cc1ccc(CNS(=O)(=O)c2cn(C)nc2C)cc1. The second-order valence-electron chi connectivity index (χ2n) is 4.56. The summed E-state index contributed by atoms with van der Waals surface area (Å²) in [5.41, 5.74) is 2.57. The summed E-state index contributed by atoms with van der Waals surface area (Å²) >= 11 is 0. The van der Waals surface area contributed by atoms with E-state index in [-0.39, 0.29) is 11.4 Å². The van der Waals surface area contributed by atoms with Crippen molar-refractivity contribution in [3.05, 3.63) is 47.3 Å². The van der Waals surface area contributed by atoms with Gasteiger partial charge in [0.25, 0.3) is 0 Å². The summed E-state index contributed by atoms with van der Waals surface area (Å²) in [4.78, 5) is 0.224. The van der Waals surface area contributed by atoms with Crippen molar-refractivity contribution < 1.29 is 8.42 Å². The van der Waals surface area contributed by atoms with Gasteiger partial charge in [-0.15, -0.1) is 0 Å². The third-order valence-electron chi connectivity index (χ3n) is 2.84. The van der Waals surface area contributed by atoms with Crippen LogP contribution in [0, 0.1) is 13.8 Å². The summed E-state index contributed by atoms with van der Waals surface area (Å²) in [5.74, 6) is 0. The highest BCUT2D eigenvalue weighted by atomic mass is 32.2. The molecule has 0 aliphatic heterocycles. The number of hydrogen-bond acceptors (Lipinski definition) is 3. The molecule has 0 unspecified atom stereocenters. The van der Waals surface area contributed by atoms with Crippen molar-refractivity contribution in [2.24, 2.45) is 7.05 Å². The summed E-state index contributed by atoms with van der Waals surface area (Å²) in [5, 5.41) is 4.04. The van der Waals surface area contributed by atoms with Gasteiger partial charge >= 0.3 is 0 Å². The van der Waals surface area contributed by atoms with Crippen LogP contribution in [0.2, 0.25) is 0 Å². The molecule has 2 aromatic rings. The lowest BCUT2D eigenvalue weighted by atomic mass is 10.2. The van der Waals surface area contributed by atoms with Crippen LogP contribution >= 0.6 is 0 Å². The van der Waals surface area contributed by atoms with Gasteiger partial charge in [-0.1, -0.05) is 29.8 Å². The second kappa shape index (κ2) is 5.14. The Bertz CT molecular complexity index is 672. The van der Waals surface area contributed by atoms with Crippen LogP contribution in [0.4, 0.5) is 0 Å². The topological polar surface area (TPSA) is 64.0 Å². The van der Waals surface area contributed by atoms with Gasteiger partial charge in [0, 0.05) is 19.8 Å². The molecule has 1 heterocycles. The average molecular weight is 279 g/mol. The number of aromatic nitrogens is 2. The van der Waals surface area contributed by atoms with Gasteiger partial charge in [-0.25, -0.2) is 13.1 Å². The molecular weight excluding hydrogens is 262 g/mol. The normalized spacial score (nSPS) is 11.7. The number of nitrogens with one attached hydrogen (secondary N) is 1. The summed E-state index contributed by atoms with van der Waals surface area (Å²) in [6.07, 6.45) is 1.51. The molecule has 1 N–H and O–H groups in total. The maximum Gasteiger partial charge on any atom is 0.244 e. The van der Waals surface area contributed by atoms with Gasteiger partial charge in [-0.2, -0.15) is 5.10 Å². The Morgan fingerprint density at radius 1 is 1.21 bits per heavy atom. The highest BCUT2D eigenvalue weighted by Gasteiger charge is 2.19. The first-order chi connectivity index (χ1) is 8.88. The van der Waals surface area contributed by atoms with Gasteiger partial charge < -0.3 is 0 Å². The van der Waals surface area contributed by atoms with E-state index in [4.69, 9.17) is 0 Å². The Morgan fingerprint density at radius 2 is 1.84 bits per heavy atom. The van der Waals surface area contributed by atoms with Crippen LogP contribution in [0.5, 0.6) is 0 Å². The molecule has 1 aromatic heterocycles. The van der Waals surface area contributed by atoms with E-state index in [9.17, 15) is 8.42 Å². The van der Waals surface area contributed by atoms with E-state index in [1.54, 1.807) is 14.0 Å². The Kier molecular flexibility index (Phi) is 3.73. The predicted octanol–water partition coefficient (Wildman–Crippen LogP) is 1.52. The molecule has 0 saturated heterocycles. The summed E-state index contributed by atoms with van der Waals surface area (Å²) in [6.45, 7) is 3.95. The van der Waals surface area contributed by atoms with E-state index < -0.39 is 10.0 Å². The second-order valence-corrected chi connectivity index (χ2v) is 6.30. The summed E-state index contributed by atoms with van der Waals surface area (Å²) in [7, 11) is -1.81. The predicted molar refractivity (Wildman–Crippen MR) is 73.1 cm³/mol. The van der Waals surface area contributed by atoms with Crippen molar-refractivity contribution >= 4 is 10.0 Å². The van der Waals surface area contributed by atoms with Gasteiger partial charge in [0.2, 0.25) is 10.0 Å². The zero-order chi connectivity index (χ0) is 14.0. The Balaban J connectivity index is 2.14. The number of rotatable bonds is 4. The fourth-order valence-corrected chi connectivity index (χ4v) is 3.04. The molecule has 6 heteroatoms. The molecule has 0 atom stereocenters. The standard InChI is InChI=1S/C13H17N3O2S/c1-10-4-6-12(7-5-10)8-14-19(17,18)13-9-16(3)15-11(13)2/h4-7,9,14H,8H2,1-3H3. The maximum absolute atomic E-state index is 12.1. The molecule has 0 amide bonds. The lowest BCUT2D eigenvalue weighted by molar-refractivity contribution is 0.580. The van der Waals surface area contributed by atoms with Crippen LogP contribution < -0.4 is 4.72 Å². The molecule has 2 rings (SSSR count). The minimum atomic E-state index is -3.51. The average Bonchev–Trinajstić information content (AvgIpc) is 2.69. The molecular formula is C13H17N3O2S. The quantitative estimate of drug-likeness (QED) is 0.922. The highest BCUT2D eigenvalue weighted by Crippen LogP contribution is 2.13. The van der Waals surface area contributed by atoms with Crippen LogP contribution in [-0.4, -0.2) is 18.2 Å². The van der Waals surface area contributed by atoms with Crippen molar-refractivity contribution in [1.29, 1.82) is 0 Å². The van der Waals surface area contributed by atoms with Crippen LogP contribution in [0.25, 0.3) is 0 Å². The molecule has 5 nitrogen and oxygen atoms in total. The molecule has 0 aliphatic rings. The van der Waals surface area contributed by atoms with E-state index in [2.05, 4.69) is 9.82 Å². The molecule has 0 spiro atoms. The van der Waals surface area contributed by atoms with Gasteiger partial charge in [-0.05, 0) is 19.4 Å². The Labute approximate surface area is 113 Å². The molecule has 0 radical (unpaired) electrons. The van der Waals surface area contributed by atoms with Crippen LogP contribution in [-0.2, 0) is 23.6 Å². The zero-order valence-electron chi connectivity index (χ0n) is 11.2. The molecule has 19 heavy (non-hydrogen) atoms. The number of aryl methyl sites for hydroxylation is 3. The minimum absolute atomic E-state index is 0.224. The lowest BCUT2D eigenvalue weighted by Crippen LogP contribution is -2.23. The van der Waals surface area contributed by atoms with Gasteiger partial charge in [-0.3, -0.25) is 4.68 Å². The summed E-state index contributed by atoms with van der Waals surface area (Å²) in [6, 6.07) is 7.74.